The smallest absolute Gasteiger partial charge is 0.0618 e. The molecule has 0 aromatic carbocycles. The van der Waals surface area contributed by atoms with E-state index in [1.165, 1.54) is 25.8 Å². The van der Waals surface area contributed by atoms with E-state index in [4.69, 9.17) is 10.5 Å². The van der Waals surface area contributed by atoms with Gasteiger partial charge < -0.3 is 10.5 Å². The van der Waals surface area contributed by atoms with Gasteiger partial charge >= 0.3 is 0 Å². The lowest BCUT2D eigenvalue weighted by molar-refractivity contribution is 0.0413. The quantitative estimate of drug-likeness (QED) is 0.725. The van der Waals surface area contributed by atoms with Gasteiger partial charge in [0.1, 0.15) is 0 Å². The van der Waals surface area contributed by atoms with Crippen molar-refractivity contribution in [3.05, 3.63) is 0 Å². The predicted molar refractivity (Wildman–Crippen MR) is 59.4 cm³/mol. The van der Waals surface area contributed by atoms with Crippen molar-refractivity contribution in [2.45, 2.75) is 44.7 Å². The maximum absolute atomic E-state index is 5.80. The summed E-state index contributed by atoms with van der Waals surface area (Å²) in [6.45, 7) is 5.06. The third-order valence-corrected chi connectivity index (χ3v) is 3.24. The Bertz CT molecular complexity index is 152. The second kappa shape index (κ2) is 6.38. The molecule has 1 saturated heterocycles. The SMILES string of the molecule is CCC(COC)N1CCCCC1CN. The maximum atomic E-state index is 5.80. The van der Waals surface area contributed by atoms with E-state index in [2.05, 4.69) is 11.8 Å². The molecule has 1 heterocycles. The highest BCUT2D eigenvalue weighted by Crippen LogP contribution is 2.20. The van der Waals surface area contributed by atoms with Gasteiger partial charge in [-0.05, 0) is 25.8 Å². The third-order valence-electron chi connectivity index (χ3n) is 3.24. The summed E-state index contributed by atoms with van der Waals surface area (Å²) in [5, 5.41) is 0. The molecule has 1 aliphatic rings. The topological polar surface area (TPSA) is 38.5 Å². The van der Waals surface area contributed by atoms with Crippen LogP contribution in [-0.2, 0) is 4.74 Å². The van der Waals surface area contributed by atoms with Crippen molar-refractivity contribution in [3.63, 3.8) is 0 Å². The lowest BCUT2D eigenvalue weighted by Crippen LogP contribution is -2.50. The molecule has 2 unspecified atom stereocenters. The van der Waals surface area contributed by atoms with Crippen LogP contribution in [0.25, 0.3) is 0 Å². The highest BCUT2D eigenvalue weighted by molar-refractivity contribution is 4.82. The lowest BCUT2D eigenvalue weighted by Gasteiger charge is -2.40. The van der Waals surface area contributed by atoms with Crippen LogP contribution in [0.3, 0.4) is 0 Å². The summed E-state index contributed by atoms with van der Waals surface area (Å²) in [6.07, 6.45) is 5.07. The number of methoxy groups -OCH3 is 1. The summed E-state index contributed by atoms with van der Waals surface area (Å²) in [6, 6.07) is 1.15. The first-order valence-electron chi connectivity index (χ1n) is 5.78. The molecule has 2 atom stereocenters. The van der Waals surface area contributed by atoms with E-state index in [0.29, 0.717) is 12.1 Å². The highest BCUT2D eigenvalue weighted by Gasteiger charge is 2.26. The Morgan fingerprint density at radius 1 is 1.50 bits per heavy atom. The van der Waals surface area contributed by atoms with E-state index in [-0.39, 0.29) is 0 Å². The molecule has 0 aromatic heterocycles. The molecule has 84 valence electrons. The molecule has 1 fully saturated rings. The average Bonchev–Trinajstić information content (AvgIpc) is 2.26. The van der Waals surface area contributed by atoms with Crippen molar-refractivity contribution in [1.82, 2.24) is 4.90 Å². The fourth-order valence-corrected chi connectivity index (χ4v) is 2.40. The van der Waals surface area contributed by atoms with Crippen molar-refractivity contribution < 1.29 is 4.74 Å². The van der Waals surface area contributed by atoms with Crippen LogP contribution in [-0.4, -0.2) is 43.8 Å². The molecule has 0 radical (unpaired) electrons. The second-order valence-electron chi connectivity index (χ2n) is 4.14. The Balaban J connectivity index is 2.51. The van der Waals surface area contributed by atoms with Crippen LogP contribution in [0.1, 0.15) is 32.6 Å². The van der Waals surface area contributed by atoms with Gasteiger partial charge in [-0.15, -0.1) is 0 Å². The summed E-state index contributed by atoms with van der Waals surface area (Å²) in [5.74, 6) is 0. The van der Waals surface area contributed by atoms with Crippen molar-refractivity contribution in [3.8, 4) is 0 Å². The molecular formula is C11H24N2O. The van der Waals surface area contributed by atoms with E-state index in [1.54, 1.807) is 7.11 Å². The zero-order valence-corrected chi connectivity index (χ0v) is 9.54. The number of ether oxygens (including phenoxy) is 1. The molecule has 0 aliphatic carbocycles. The second-order valence-corrected chi connectivity index (χ2v) is 4.14. The summed E-state index contributed by atoms with van der Waals surface area (Å²) < 4.78 is 5.26. The molecule has 0 saturated carbocycles. The van der Waals surface area contributed by atoms with Crippen LogP contribution in [0.4, 0.5) is 0 Å². The minimum atomic E-state index is 0.564. The number of piperidine rings is 1. The van der Waals surface area contributed by atoms with Gasteiger partial charge in [0.15, 0.2) is 0 Å². The van der Waals surface area contributed by atoms with Gasteiger partial charge in [0.05, 0.1) is 6.61 Å². The van der Waals surface area contributed by atoms with Gasteiger partial charge in [-0.1, -0.05) is 13.3 Å². The predicted octanol–water partition coefficient (Wildman–Crippen LogP) is 1.22. The first-order chi connectivity index (χ1) is 6.83. The first kappa shape index (κ1) is 12.0. The van der Waals surface area contributed by atoms with Crippen LogP contribution in [0.15, 0.2) is 0 Å². The van der Waals surface area contributed by atoms with Crippen molar-refractivity contribution in [2.75, 3.05) is 26.8 Å². The van der Waals surface area contributed by atoms with Crippen molar-refractivity contribution in [1.29, 1.82) is 0 Å². The summed E-state index contributed by atoms with van der Waals surface area (Å²) in [5.41, 5.74) is 5.80. The minimum absolute atomic E-state index is 0.564. The Morgan fingerprint density at radius 2 is 2.29 bits per heavy atom. The van der Waals surface area contributed by atoms with Gasteiger partial charge in [0.25, 0.3) is 0 Å². The average molecular weight is 200 g/mol. The van der Waals surface area contributed by atoms with Crippen LogP contribution in [0.2, 0.25) is 0 Å². The zero-order valence-electron chi connectivity index (χ0n) is 9.54. The van der Waals surface area contributed by atoms with Crippen molar-refractivity contribution >= 4 is 0 Å². The van der Waals surface area contributed by atoms with Crippen LogP contribution in [0, 0.1) is 0 Å². The summed E-state index contributed by atoms with van der Waals surface area (Å²) in [7, 11) is 1.78. The van der Waals surface area contributed by atoms with Gasteiger partial charge in [-0.3, -0.25) is 4.90 Å². The van der Waals surface area contributed by atoms with Crippen LogP contribution < -0.4 is 5.73 Å². The molecule has 14 heavy (non-hydrogen) atoms. The van der Waals surface area contributed by atoms with Gasteiger partial charge in [0.2, 0.25) is 0 Å². The molecule has 1 aliphatic heterocycles. The Labute approximate surface area is 87.6 Å². The van der Waals surface area contributed by atoms with Crippen LogP contribution >= 0.6 is 0 Å². The molecule has 3 heteroatoms. The zero-order chi connectivity index (χ0) is 10.4. The number of nitrogens with zero attached hydrogens (tertiary/aromatic N) is 1. The standard InChI is InChI=1S/C11H24N2O/c1-3-10(9-14-2)13-7-5-4-6-11(13)8-12/h10-11H,3-9,12H2,1-2H3. The first-order valence-corrected chi connectivity index (χ1v) is 5.78. The van der Waals surface area contributed by atoms with E-state index in [9.17, 15) is 0 Å². The Kier molecular flexibility index (Phi) is 5.45. The summed E-state index contributed by atoms with van der Waals surface area (Å²) in [4.78, 5) is 2.55. The number of nitrogens with two attached hydrogens (primary N) is 1. The van der Waals surface area contributed by atoms with E-state index >= 15 is 0 Å². The Hall–Kier alpha value is -0.120. The highest BCUT2D eigenvalue weighted by atomic mass is 16.5. The van der Waals surface area contributed by atoms with E-state index in [1.807, 2.05) is 0 Å². The molecule has 0 spiro atoms. The van der Waals surface area contributed by atoms with Crippen molar-refractivity contribution in [2.24, 2.45) is 5.73 Å². The number of hydrogen-bond donors (Lipinski definition) is 1. The minimum Gasteiger partial charge on any atom is -0.383 e. The molecular weight excluding hydrogens is 176 g/mol. The number of likely N-dealkylation sites (tertiary alicyclic amines) is 1. The molecule has 0 bridgehead atoms. The van der Waals surface area contributed by atoms with E-state index in [0.717, 1.165) is 19.6 Å². The molecule has 3 nitrogen and oxygen atoms in total. The Morgan fingerprint density at radius 3 is 2.86 bits per heavy atom. The van der Waals surface area contributed by atoms with Crippen LogP contribution in [0.5, 0.6) is 0 Å². The monoisotopic (exact) mass is 200 g/mol. The lowest BCUT2D eigenvalue weighted by atomic mass is 9.99. The normalized spacial score (nSPS) is 26.4. The van der Waals surface area contributed by atoms with Gasteiger partial charge in [-0.25, -0.2) is 0 Å². The van der Waals surface area contributed by atoms with E-state index < -0.39 is 0 Å². The van der Waals surface area contributed by atoms with Gasteiger partial charge in [-0.2, -0.15) is 0 Å². The molecule has 2 N–H and O–H groups in total. The third kappa shape index (κ3) is 2.94. The fourth-order valence-electron chi connectivity index (χ4n) is 2.40. The summed E-state index contributed by atoms with van der Waals surface area (Å²) >= 11 is 0. The van der Waals surface area contributed by atoms with Gasteiger partial charge in [0, 0.05) is 25.7 Å². The number of rotatable bonds is 5. The maximum Gasteiger partial charge on any atom is 0.0618 e. The fraction of sp³-hybridized carbons (Fsp3) is 1.00. The largest absolute Gasteiger partial charge is 0.383 e. The molecule has 0 amide bonds. The number of hydrogen-bond acceptors (Lipinski definition) is 3. The molecule has 0 aromatic rings. The molecule has 1 rings (SSSR count).